The molecule has 0 aliphatic carbocycles. The molecule has 2 rings (SSSR count). The minimum absolute atomic E-state index is 0.183. The molecule has 8 heteroatoms. The van der Waals surface area contributed by atoms with Crippen molar-refractivity contribution in [3.63, 3.8) is 0 Å². The lowest BCUT2D eigenvalue weighted by molar-refractivity contribution is -0.117. The van der Waals surface area contributed by atoms with Crippen LogP contribution in [0.4, 0.5) is 5.69 Å². The monoisotopic (exact) mass is 403 g/mol. The molecule has 0 spiro atoms. The second-order valence-electron chi connectivity index (χ2n) is 7.56. The van der Waals surface area contributed by atoms with Gasteiger partial charge in [0, 0.05) is 11.3 Å². The van der Waals surface area contributed by atoms with Crippen molar-refractivity contribution < 1.29 is 18.0 Å². The molecule has 2 aromatic rings. The highest BCUT2D eigenvalue weighted by molar-refractivity contribution is 7.92. The van der Waals surface area contributed by atoms with E-state index in [0.29, 0.717) is 11.3 Å². The number of rotatable bonds is 6. The van der Waals surface area contributed by atoms with E-state index in [9.17, 15) is 18.0 Å². The van der Waals surface area contributed by atoms with Crippen molar-refractivity contribution in [1.82, 2.24) is 5.32 Å². The molecule has 0 aromatic heterocycles. The van der Waals surface area contributed by atoms with Crippen LogP contribution < -0.4 is 15.8 Å². The lowest BCUT2D eigenvalue weighted by atomic mass is 9.87. The van der Waals surface area contributed by atoms with Gasteiger partial charge in [0.25, 0.3) is 15.9 Å². The maximum absolute atomic E-state index is 12.9. The number of benzene rings is 2. The summed E-state index contributed by atoms with van der Waals surface area (Å²) in [6.45, 7) is 7.53. The Bertz CT molecular complexity index is 991. The third-order valence-electron chi connectivity index (χ3n) is 4.17. The number of primary amides is 1. The van der Waals surface area contributed by atoms with Gasteiger partial charge >= 0.3 is 0 Å². The van der Waals surface area contributed by atoms with Crippen LogP contribution in [0.1, 0.15) is 42.3 Å². The summed E-state index contributed by atoms with van der Waals surface area (Å²) < 4.78 is 28.2. The topological polar surface area (TPSA) is 118 Å². The van der Waals surface area contributed by atoms with Gasteiger partial charge in [0.1, 0.15) is 0 Å². The summed E-state index contributed by atoms with van der Waals surface area (Å²) in [7, 11) is -3.79. The van der Waals surface area contributed by atoms with Crippen molar-refractivity contribution in [2.45, 2.75) is 38.0 Å². The zero-order valence-corrected chi connectivity index (χ0v) is 17.2. The molecule has 0 heterocycles. The Labute approximate surface area is 165 Å². The van der Waals surface area contributed by atoms with Crippen LogP contribution in [0.25, 0.3) is 0 Å². The van der Waals surface area contributed by atoms with Gasteiger partial charge in [-0.05, 0) is 53.8 Å². The molecule has 2 aromatic carbocycles. The van der Waals surface area contributed by atoms with Gasteiger partial charge in [-0.25, -0.2) is 8.42 Å². The number of hydrogen-bond donors (Lipinski definition) is 3. The smallest absolute Gasteiger partial charge is 0.262 e. The Morgan fingerprint density at radius 3 is 2.18 bits per heavy atom. The summed E-state index contributed by atoms with van der Waals surface area (Å²) in [6, 6.07) is 11.3. The summed E-state index contributed by atoms with van der Waals surface area (Å²) in [6.07, 6.45) is 0. The maximum Gasteiger partial charge on any atom is 0.262 e. The van der Waals surface area contributed by atoms with Crippen molar-refractivity contribution in [2.75, 3.05) is 11.3 Å². The van der Waals surface area contributed by atoms with E-state index < -0.39 is 21.8 Å². The largest absolute Gasteiger partial charge is 0.368 e. The Morgan fingerprint density at radius 1 is 1.04 bits per heavy atom. The minimum atomic E-state index is -3.79. The first-order chi connectivity index (χ1) is 12.9. The van der Waals surface area contributed by atoms with Crippen LogP contribution in [0.5, 0.6) is 0 Å². The number of sulfonamides is 1. The summed E-state index contributed by atoms with van der Waals surface area (Å²) in [4.78, 5) is 22.8. The van der Waals surface area contributed by atoms with E-state index >= 15 is 0 Å². The minimum Gasteiger partial charge on any atom is -0.368 e. The average molecular weight is 404 g/mol. The molecule has 0 saturated heterocycles. The first kappa shape index (κ1) is 21.4. The molecule has 0 atom stereocenters. The fourth-order valence-corrected chi connectivity index (χ4v) is 3.86. The molecule has 4 N–H and O–H groups in total. The van der Waals surface area contributed by atoms with Crippen LogP contribution in [0.2, 0.25) is 0 Å². The molecule has 0 unspecified atom stereocenters. The number of nitrogens with two attached hydrogens (primary N) is 1. The molecule has 7 nitrogen and oxygen atoms in total. The predicted octanol–water partition coefficient (Wildman–Crippen LogP) is 2.31. The molecule has 0 bridgehead atoms. The number of carbonyl (C=O) groups is 2. The Morgan fingerprint density at radius 2 is 1.64 bits per heavy atom. The maximum atomic E-state index is 12.9. The lowest BCUT2D eigenvalue weighted by Gasteiger charge is -2.21. The van der Waals surface area contributed by atoms with Crippen molar-refractivity contribution in [2.24, 2.45) is 5.73 Å². The van der Waals surface area contributed by atoms with Gasteiger partial charge in [-0.3, -0.25) is 14.3 Å². The molecular formula is C20H25N3O4S. The zero-order chi connectivity index (χ0) is 21.1. The molecule has 2 amide bonds. The third-order valence-corrected chi connectivity index (χ3v) is 5.69. The Kier molecular flexibility index (Phi) is 6.14. The van der Waals surface area contributed by atoms with Gasteiger partial charge in [-0.15, -0.1) is 0 Å². The SMILES string of the molecule is Cc1ccc(C(C)(C)C)cc1S(=O)(=O)Nc1ccc(C(=O)NCC(N)=O)cc1. The van der Waals surface area contributed by atoms with Crippen molar-refractivity contribution >= 4 is 27.5 Å². The molecule has 0 radical (unpaired) electrons. The highest BCUT2D eigenvalue weighted by Gasteiger charge is 2.21. The van der Waals surface area contributed by atoms with Crippen molar-refractivity contribution in [3.8, 4) is 0 Å². The van der Waals surface area contributed by atoms with Crippen LogP contribution in [0.3, 0.4) is 0 Å². The average Bonchev–Trinajstić information content (AvgIpc) is 2.59. The quantitative estimate of drug-likeness (QED) is 0.686. The van der Waals surface area contributed by atoms with E-state index in [-0.39, 0.29) is 22.4 Å². The fourth-order valence-electron chi connectivity index (χ4n) is 2.53. The van der Waals surface area contributed by atoms with Crippen LogP contribution in [0, 0.1) is 6.92 Å². The Balaban J connectivity index is 2.23. The number of carbonyl (C=O) groups excluding carboxylic acids is 2. The van der Waals surface area contributed by atoms with Gasteiger partial charge in [0.15, 0.2) is 0 Å². The summed E-state index contributed by atoms with van der Waals surface area (Å²) >= 11 is 0. The molecule has 0 fully saturated rings. The van der Waals surface area contributed by atoms with E-state index in [1.807, 2.05) is 26.8 Å². The van der Waals surface area contributed by atoms with Gasteiger partial charge in [-0.2, -0.15) is 0 Å². The number of nitrogens with one attached hydrogen (secondary N) is 2. The fraction of sp³-hybridized carbons (Fsp3) is 0.300. The van der Waals surface area contributed by atoms with E-state index in [0.717, 1.165) is 5.56 Å². The second kappa shape index (κ2) is 8.02. The normalized spacial score (nSPS) is 11.7. The van der Waals surface area contributed by atoms with E-state index in [4.69, 9.17) is 5.73 Å². The highest BCUT2D eigenvalue weighted by atomic mass is 32.2. The van der Waals surface area contributed by atoms with Crippen molar-refractivity contribution in [1.29, 1.82) is 0 Å². The van der Waals surface area contributed by atoms with Crippen LogP contribution in [-0.4, -0.2) is 26.8 Å². The van der Waals surface area contributed by atoms with Crippen LogP contribution in [-0.2, 0) is 20.2 Å². The molecule has 150 valence electrons. The van der Waals surface area contributed by atoms with Gasteiger partial charge in [-0.1, -0.05) is 32.9 Å². The lowest BCUT2D eigenvalue weighted by Crippen LogP contribution is -2.33. The van der Waals surface area contributed by atoms with Crippen LogP contribution >= 0.6 is 0 Å². The van der Waals surface area contributed by atoms with E-state index in [2.05, 4.69) is 10.0 Å². The first-order valence-corrected chi connectivity index (χ1v) is 10.2. The van der Waals surface area contributed by atoms with Gasteiger partial charge < -0.3 is 11.1 Å². The molecule has 0 saturated carbocycles. The molecular weight excluding hydrogens is 378 g/mol. The number of anilines is 1. The Hall–Kier alpha value is -2.87. The zero-order valence-electron chi connectivity index (χ0n) is 16.4. The highest BCUT2D eigenvalue weighted by Crippen LogP contribution is 2.27. The van der Waals surface area contributed by atoms with E-state index in [1.165, 1.54) is 24.3 Å². The predicted molar refractivity (Wildman–Crippen MR) is 109 cm³/mol. The van der Waals surface area contributed by atoms with Gasteiger partial charge in [0.05, 0.1) is 11.4 Å². The number of aryl methyl sites for hydroxylation is 1. The molecule has 0 aliphatic rings. The standard InChI is InChI=1S/C20H25N3O4S/c1-13-5-8-15(20(2,3)4)11-17(13)28(26,27)23-16-9-6-14(7-10-16)19(25)22-12-18(21)24/h5-11,23H,12H2,1-4H3,(H2,21,24)(H,22,25). The van der Waals surface area contributed by atoms with E-state index in [1.54, 1.807) is 19.1 Å². The van der Waals surface area contributed by atoms with Crippen LogP contribution in [0.15, 0.2) is 47.4 Å². The molecule has 28 heavy (non-hydrogen) atoms. The van der Waals surface area contributed by atoms with Gasteiger partial charge in [0.2, 0.25) is 5.91 Å². The summed E-state index contributed by atoms with van der Waals surface area (Å²) in [5.74, 6) is -1.12. The second-order valence-corrected chi connectivity index (χ2v) is 9.21. The first-order valence-electron chi connectivity index (χ1n) is 8.71. The number of hydrogen-bond acceptors (Lipinski definition) is 4. The third kappa shape index (κ3) is 5.32. The summed E-state index contributed by atoms with van der Waals surface area (Å²) in [5, 5.41) is 2.37. The summed E-state index contributed by atoms with van der Waals surface area (Å²) in [5.41, 5.74) is 6.98. The number of amides is 2. The molecule has 0 aliphatic heterocycles. The van der Waals surface area contributed by atoms with Crippen molar-refractivity contribution in [3.05, 3.63) is 59.2 Å².